The Bertz CT molecular complexity index is 560. The van der Waals surface area contributed by atoms with Gasteiger partial charge in [0.2, 0.25) is 11.8 Å². The second kappa shape index (κ2) is 5.98. The smallest absolute Gasteiger partial charge is 0.248 e. The van der Waals surface area contributed by atoms with Gasteiger partial charge in [0, 0.05) is 18.2 Å². The molecule has 0 aliphatic carbocycles. The Morgan fingerprint density at radius 2 is 2.47 bits per heavy atom. The molecule has 2 heterocycles. The number of hydrogen-bond donors (Lipinski definition) is 3. The lowest BCUT2D eigenvalue weighted by Gasteiger charge is -2.10. The van der Waals surface area contributed by atoms with Gasteiger partial charge in [-0.05, 0) is 18.6 Å². The van der Waals surface area contributed by atoms with Crippen LogP contribution >= 0.6 is 0 Å². The molecule has 1 aromatic heterocycles. The van der Waals surface area contributed by atoms with Gasteiger partial charge >= 0.3 is 0 Å². The second-order valence-corrected chi connectivity index (χ2v) is 4.04. The fraction of sp³-hybridized carbons (Fsp3) is 0.308. The third-order valence-electron chi connectivity index (χ3n) is 2.63. The van der Waals surface area contributed by atoms with Gasteiger partial charge in [-0.3, -0.25) is 9.59 Å². The summed E-state index contributed by atoms with van der Waals surface area (Å²) in [5.41, 5.74) is 0.648. The van der Waals surface area contributed by atoms with Crippen LogP contribution in [0.25, 0.3) is 0 Å². The number of nitrogens with one attached hydrogen (secondary N) is 2. The summed E-state index contributed by atoms with van der Waals surface area (Å²) < 4.78 is 0. The van der Waals surface area contributed by atoms with Crippen LogP contribution in [-0.4, -0.2) is 34.6 Å². The van der Waals surface area contributed by atoms with Crippen LogP contribution in [0.1, 0.15) is 18.4 Å². The molecular weight excluding hydrogens is 246 g/mol. The van der Waals surface area contributed by atoms with Gasteiger partial charge in [0.1, 0.15) is 18.5 Å². The van der Waals surface area contributed by atoms with E-state index in [0.717, 1.165) is 0 Å². The van der Waals surface area contributed by atoms with Crippen molar-refractivity contribution < 1.29 is 14.7 Å². The fourth-order valence-corrected chi connectivity index (χ4v) is 1.74. The largest absolute Gasteiger partial charge is 0.384 e. The van der Waals surface area contributed by atoms with Gasteiger partial charge in [0.05, 0.1) is 0 Å². The van der Waals surface area contributed by atoms with Crippen molar-refractivity contribution in [2.75, 3.05) is 11.9 Å². The topological polar surface area (TPSA) is 91.3 Å². The van der Waals surface area contributed by atoms with Gasteiger partial charge in [0.25, 0.3) is 0 Å². The number of pyridine rings is 1. The molecule has 0 radical (unpaired) electrons. The van der Waals surface area contributed by atoms with E-state index >= 15 is 0 Å². The van der Waals surface area contributed by atoms with Gasteiger partial charge in [-0.15, -0.1) is 0 Å². The van der Waals surface area contributed by atoms with E-state index in [9.17, 15) is 9.59 Å². The van der Waals surface area contributed by atoms with Crippen molar-refractivity contribution in [2.24, 2.45) is 0 Å². The molecule has 6 nitrogen and oxygen atoms in total. The maximum Gasteiger partial charge on any atom is 0.248 e. The predicted molar refractivity (Wildman–Crippen MR) is 68.0 cm³/mol. The van der Waals surface area contributed by atoms with E-state index in [1.807, 2.05) is 0 Å². The summed E-state index contributed by atoms with van der Waals surface area (Å²) in [7, 11) is 0. The molecule has 2 amide bonds. The van der Waals surface area contributed by atoms with Gasteiger partial charge in [-0.1, -0.05) is 11.8 Å². The molecule has 1 unspecified atom stereocenters. The maximum atomic E-state index is 11.8. The molecule has 2 rings (SSSR count). The number of hydrogen-bond acceptors (Lipinski definition) is 4. The summed E-state index contributed by atoms with van der Waals surface area (Å²) in [5.74, 6) is 5.21. The maximum absolute atomic E-state index is 11.8. The summed E-state index contributed by atoms with van der Waals surface area (Å²) in [6.45, 7) is -0.224. The van der Waals surface area contributed by atoms with Crippen molar-refractivity contribution in [3.63, 3.8) is 0 Å². The number of nitrogens with zero attached hydrogens (tertiary/aromatic N) is 1. The highest BCUT2D eigenvalue weighted by Gasteiger charge is 2.27. The third-order valence-corrected chi connectivity index (χ3v) is 2.63. The zero-order valence-electron chi connectivity index (χ0n) is 10.1. The molecule has 1 aliphatic rings. The summed E-state index contributed by atoms with van der Waals surface area (Å²) >= 11 is 0. The minimum atomic E-state index is -0.499. The first-order valence-electron chi connectivity index (χ1n) is 5.85. The average Bonchev–Trinajstić information content (AvgIpc) is 2.83. The van der Waals surface area contributed by atoms with Crippen LogP contribution in [0.5, 0.6) is 0 Å². The van der Waals surface area contributed by atoms with Gasteiger partial charge in [-0.25, -0.2) is 4.98 Å². The van der Waals surface area contributed by atoms with E-state index in [0.29, 0.717) is 24.2 Å². The monoisotopic (exact) mass is 259 g/mol. The molecule has 3 N–H and O–H groups in total. The van der Waals surface area contributed by atoms with E-state index in [-0.39, 0.29) is 18.4 Å². The molecule has 1 atom stereocenters. The fourth-order valence-electron chi connectivity index (χ4n) is 1.74. The third kappa shape index (κ3) is 3.53. The Hall–Kier alpha value is -2.39. The van der Waals surface area contributed by atoms with Crippen molar-refractivity contribution in [1.29, 1.82) is 0 Å². The summed E-state index contributed by atoms with van der Waals surface area (Å²) in [5, 5.41) is 13.8. The standard InChI is InChI=1S/C13H13N3O3/c17-7-1-2-9-5-6-14-11(8-9)16-13(19)10-3-4-12(18)15-10/h5-6,8,10,17H,3-4,7H2,(H,15,18)(H,14,16,19). The van der Waals surface area contributed by atoms with Crippen LogP contribution in [0, 0.1) is 11.8 Å². The first-order chi connectivity index (χ1) is 9.19. The predicted octanol–water partition coefficient (Wildman–Crippen LogP) is -0.358. The number of amides is 2. The normalized spacial score (nSPS) is 17.3. The van der Waals surface area contributed by atoms with Crippen molar-refractivity contribution in [1.82, 2.24) is 10.3 Å². The highest BCUT2D eigenvalue weighted by Crippen LogP contribution is 2.10. The first kappa shape index (κ1) is 13.1. The van der Waals surface area contributed by atoms with Gasteiger partial charge in [-0.2, -0.15) is 0 Å². The summed E-state index contributed by atoms with van der Waals surface area (Å²) in [6, 6.07) is 2.79. The number of aliphatic hydroxyl groups excluding tert-OH is 1. The van der Waals surface area contributed by atoms with Crippen LogP contribution in [0.4, 0.5) is 5.82 Å². The Kier molecular flexibility index (Phi) is 4.11. The Balaban J connectivity index is 2.02. The molecule has 6 heteroatoms. The van der Waals surface area contributed by atoms with Crippen molar-refractivity contribution in [3.8, 4) is 11.8 Å². The SMILES string of the molecule is O=C1CCC(C(=O)Nc2cc(C#CCO)ccn2)N1. The zero-order valence-corrected chi connectivity index (χ0v) is 10.1. The minimum Gasteiger partial charge on any atom is -0.384 e. The molecule has 1 saturated heterocycles. The highest BCUT2D eigenvalue weighted by molar-refractivity contribution is 5.98. The molecule has 0 saturated carbocycles. The average molecular weight is 259 g/mol. The quantitative estimate of drug-likeness (QED) is 0.633. The van der Waals surface area contributed by atoms with Crippen LogP contribution in [-0.2, 0) is 9.59 Å². The molecule has 0 aromatic carbocycles. The van der Waals surface area contributed by atoms with Crippen molar-refractivity contribution in [2.45, 2.75) is 18.9 Å². The lowest BCUT2D eigenvalue weighted by molar-refractivity contribution is -0.122. The molecule has 98 valence electrons. The lowest BCUT2D eigenvalue weighted by atomic mass is 10.2. The Labute approximate surface area is 110 Å². The second-order valence-electron chi connectivity index (χ2n) is 4.04. The molecule has 0 spiro atoms. The zero-order chi connectivity index (χ0) is 13.7. The van der Waals surface area contributed by atoms with Crippen molar-refractivity contribution >= 4 is 17.6 Å². The van der Waals surface area contributed by atoms with Crippen LogP contribution in [0.2, 0.25) is 0 Å². The van der Waals surface area contributed by atoms with Gasteiger partial charge < -0.3 is 15.7 Å². The van der Waals surface area contributed by atoms with E-state index in [4.69, 9.17) is 5.11 Å². The molecule has 1 aromatic rings. The van der Waals surface area contributed by atoms with Crippen LogP contribution in [0.15, 0.2) is 18.3 Å². The number of aromatic nitrogens is 1. The lowest BCUT2D eigenvalue weighted by Crippen LogP contribution is -2.37. The minimum absolute atomic E-state index is 0.115. The Morgan fingerprint density at radius 3 is 3.16 bits per heavy atom. The molecule has 1 aliphatic heterocycles. The van der Waals surface area contributed by atoms with Crippen LogP contribution < -0.4 is 10.6 Å². The number of aliphatic hydroxyl groups is 1. The number of rotatable bonds is 2. The number of carbonyl (C=O) groups is 2. The van der Waals surface area contributed by atoms with E-state index in [1.165, 1.54) is 6.20 Å². The van der Waals surface area contributed by atoms with E-state index < -0.39 is 6.04 Å². The summed E-state index contributed by atoms with van der Waals surface area (Å²) in [6.07, 6.45) is 2.38. The molecule has 1 fully saturated rings. The van der Waals surface area contributed by atoms with Gasteiger partial charge in [0.15, 0.2) is 0 Å². The number of anilines is 1. The summed E-state index contributed by atoms with van der Waals surface area (Å²) in [4.78, 5) is 26.9. The molecule has 0 bridgehead atoms. The first-order valence-corrected chi connectivity index (χ1v) is 5.85. The Morgan fingerprint density at radius 1 is 1.63 bits per heavy atom. The molecular formula is C13H13N3O3. The number of carbonyl (C=O) groups excluding carboxylic acids is 2. The van der Waals surface area contributed by atoms with Crippen LogP contribution in [0.3, 0.4) is 0 Å². The highest BCUT2D eigenvalue weighted by atomic mass is 16.2. The van der Waals surface area contributed by atoms with Crippen molar-refractivity contribution in [3.05, 3.63) is 23.9 Å². The van der Waals surface area contributed by atoms with E-state index in [2.05, 4.69) is 27.5 Å². The molecule has 19 heavy (non-hydrogen) atoms. The van der Waals surface area contributed by atoms with E-state index in [1.54, 1.807) is 12.1 Å².